The molecule has 1 aromatic carbocycles. The van der Waals surface area contributed by atoms with Crippen molar-refractivity contribution < 1.29 is 0 Å². The third-order valence-electron chi connectivity index (χ3n) is 4.58. The number of hydrogen-bond acceptors (Lipinski definition) is 3. The molecule has 0 atom stereocenters. The number of nitrogens with zero attached hydrogens (tertiary/aromatic N) is 2. The van der Waals surface area contributed by atoms with Gasteiger partial charge >= 0.3 is 0 Å². The monoisotopic (exact) mass is 375 g/mol. The van der Waals surface area contributed by atoms with Gasteiger partial charge in [-0.3, -0.25) is 4.98 Å². The summed E-state index contributed by atoms with van der Waals surface area (Å²) in [7, 11) is 0. The van der Waals surface area contributed by atoms with Gasteiger partial charge in [0.1, 0.15) is 0 Å². The van der Waals surface area contributed by atoms with E-state index in [9.17, 15) is 0 Å². The summed E-state index contributed by atoms with van der Waals surface area (Å²) >= 11 is 3.54. The lowest BCUT2D eigenvalue weighted by Gasteiger charge is -2.29. The zero-order chi connectivity index (χ0) is 15.9. The van der Waals surface area contributed by atoms with Gasteiger partial charge < -0.3 is 10.2 Å². The molecular formula is C19H26BrN3. The van der Waals surface area contributed by atoms with Crippen LogP contribution in [0.25, 0.3) is 10.9 Å². The summed E-state index contributed by atoms with van der Waals surface area (Å²) in [5.74, 6) is 0. The fourth-order valence-corrected chi connectivity index (χ4v) is 3.68. The van der Waals surface area contributed by atoms with Crippen LogP contribution < -0.4 is 10.2 Å². The quantitative estimate of drug-likeness (QED) is 0.779. The van der Waals surface area contributed by atoms with Gasteiger partial charge in [0.15, 0.2) is 0 Å². The molecule has 0 spiro atoms. The number of rotatable bonds is 1. The van der Waals surface area contributed by atoms with Gasteiger partial charge in [0.2, 0.25) is 0 Å². The highest BCUT2D eigenvalue weighted by Crippen LogP contribution is 2.29. The zero-order valence-electron chi connectivity index (χ0n) is 13.7. The van der Waals surface area contributed by atoms with Crippen molar-refractivity contribution in [3.63, 3.8) is 0 Å². The van der Waals surface area contributed by atoms with E-state index in [4.69, 9.17) is 0 Å². The number of halogens is 1. The Kier molecular flexibility index (Phi) is 6.29. The smallest absolute Gasteiger partial charge is 0.0723 e. The van der Waals surface area contributed by atoms with Gasteiger partial charge in [0.25, 0.3) is 0 Å². The molecule has 0 bridgehead atoms. The Hall–Kier alpha value is -1.13. The third kappa shape index (κ3) is 4.67. The summed E-state index contributed by atoms with van der Waals surface area (Å²) in [6.07, 6.45) is 10.1. The van der Waals surface area contributed by atoms with Gasteiger partial charge in [-0.1, -0.05) is 22.4 Å². The van der Waals surface area contributed by atoms with E-state index in [1.807, 2.05) is 6.20 Å². The van der Waals surface area contributed by atoms with Gasteiger partial charge in [-0.15, -0.1) is 0 Å². The van der Waals surface area contributed by atoms with Crippen LogP contribution in [-0.2, 0) is 0 Å². The van der Waals surface area contributed by atoms with Gasteiger partial charge in [-0.2, -0.15) is 0 Å². The number of hydrogen-bond donors (Lipinski definition) is 1. The lowest BCUT2D eigenvalue weighted by molar-refractivity contribution is 0.520. The number of aromatic nitrogens is 1. The molecule has 2 aliphatic rings. The predicted molar refractivity (Wildman–Crippen MR) is 102 cm³/mol. The molecule has 3 nitrogen and oxygen atoms in total. The molecule has 2 saturated heterocycles. The van der Waals surface area contributed by atoms with Crippen LogP contribution in [-0.4, -0.2) is 31.2 Å². The Morgan fingerprint density at radius 1 is 0.913 bits per heavy atom. The minimum absolute atomic E-state index is 1.08. The second kappa shape index (κ2) is 8.65. The van der Waals surface area contributed by atoms with Crippen molar-refractivity contribution in [2.45, 2.75) is 38.5 Å². The van der Waals surface area contributed by atoms with Crippen molar-refractivity contribution in [3.8, 4) is 0 Å². The normalized spacial score (nSPS) is 18.4. The maximum Gasteiger partial charge on any atom is 0.0723 e. The van der Waals surface area contributed by atoms with Crippen molar-refractivity contribution >= 4 is 32.5 Å². The molecule has 0 unspecified atom stereocenters. The summed E-state index contributed by atoms with van der Waals surface area (Å²) in [6.45, 7) is 4.84. The van der Waals surface area contributed by atoms with E-state index >= 15 is 0 Å². The topological polar surface area (TPSA) is 28.2 Å². The van der Waals surface area contributed by atoms with Crippen LogP contribution in [0.15, 0.2) is 34.9 Å². The van der Waals surface area contributed by atoms with Crippen molar-refractivity contribution in [2.24, 2.45) is 0 Å². The minimum atomic E-state index is 1.08. The molecule has 23 heavy (non-hydrogen) atoms. The van der Waals surface area contributed by atoms with Crippen LogP contribution in [0.2, 0.25) is 0 Å². The number of nitrogens with one attached hydrogen (secondary N) is 1. The highest BCUT2D eigenvalue weighted by molar-refractivity contribution is 9.10. The van der Waals surface area contributed by atoms with Crippen molar-refractivity contribution in [3.05, 3.63) is 34.9 Å². The van der Waals surface area contributed by atoms with Gasteiger partial charge in [0.05, 0.1) is 5.52 Å². The largest absolute Gasteiger partial charge is 0.371 e. The van der Waals surface area contributed by atoms with Crippen LogP contribution in [0.4, 0.5) is 5.69 Å². The fourth-order valence-electron chi connectivity index (χ4n) is 3.32. The predicted octanol–water partition coefficient (Wildman–Crippen LogP) is 4.75. The van der Waals surface area contributed by atoms with E-state index < -0.39 is 0 Å². The number of pyridine rings is 1. The van der Waals surface area contributed by atoms with Crippen LogP contribution in [0.3, 0.4) is 0 Å². The molecule has 4 heteroatoms. The van der Waals surface area contributed by atoms with Gasteiger partial charge in [-0.25, -0.2) is 0 Å². The Labute approximate surface area is 147 Å². The first-order chi connectivity index (χ1) is 11.3. The van der Waals surface area contributed by atoms with Crippen molar-refractivity contribution in [1.29, 1.82) is 0 Å². The molecule has 124 valence electrons. The van der Waals surface area contributed by atoms with Crippen molar-refractivity contribution in [1.82, 2.24) is 10.3 Å². The van der Waals surface area contributed by atoms with Crippen molar-refractivity contribution in [2.75, 3.05) is 31.1 Å². The Bertz CT molecular complexity index is 608. The van der Waals surface area contributed by atoms with Crippen LogP contribution in [0, 0.1) is 0 Å². The van der Waals surface area contributed by atoms with Crippen LogP contribution >= 0.6 is 15.9 Å². The Morgan fingerprint density at radius 2 is 1.65 bits per heavy atom. The van der Waals surface area contributed by atoms with Crippen LogP contribution in [0.5, 0.6) is 0 Å². The first-order valence-corrected chi connectivity index (χ1v) is 9.64. The molecule has 2 aliphatic heterocycles. The molecule has 2 fully saturated rings. The zero-order valence-corrected chi connectivity index (χ0v) is 15.3. The van der Waals surface area contributed by atoms with E-state index in [-0.39, 0.29) is 0 Å². The highest BCUT2D eigenvalue weighted by atomic mass is 79.9. The van der Waals surface area contributed by atoms with E-state index in [0.717, 1.165) is 9.99 Å². The fraction of sp³-hybridized carbons (Fsp3) is 0.526. The first-order valence-electron chi connectivity index (χ1n) is 8.84. The molecule has 4 rings (SSSR count). The average Bonchev–Trinajstić information content (AvgIpc) is 2.64. The van der Waals surface area contributed by atoms with Crippen LogP contribution in [0.1, 0.15) is 38.5 Å². The number of fused-ring (bicyclic) bond motifs is 1. The molecule has 1 N–H and O–H groups in total. The molecule has 1 aromatic heterocycles. The molecular weight excluding hydrogens is 350 g/mol. The first kappa shape index (κ1) is 16.7. The van der Waals surface area contributed by atoms with E-state index in [2.05, 4.69) is 55.4 Å². The summed E-state index contributed by atoms with van der Waals surface area (Å²) in [5.41, 5.74) is 2.41. The maximum absolute atomic E-state index is 4.43. The second-order valence-corrected chi connectivity index (χ2v) is 7.27. The highest BCUT2D eigenvalue weighted by Gasteiger charge is 2.13. The standard InChI is InChI=1S/C14H15BrN2.C5H11N/c15-11-4-5-13-12(10-11)14(6-7-16-13)17-8-2-1-3-9-17;1-2-4-6-5-3-1/h4-7,10H,1-3,8-9H2;6H,1-5H2. The summed E-state index contributed by atoms with van der Waals surface area (Å²) in [5, 5.41) is 4.54. The molecule has 0 radical (unpaired) electrons. The molecule has 0 amide bonds. The second-order valence-electron chi connectivity index (χ2n) is 6.35. The summed E-state index contributed by atoms with van der Waals surface area (Å²) in [6, 6.07) is 8.44. The molecule has 2 aromatic rings. The Balaban J connectivity index is 0.000000220. The molecule has 0 saturated carbocycles. The van der Waals surface area contributed by atoms with E-state index in [1.54, 1.807) is 0 Å². The Morgan fingerprint density at radius 3 is 2.30 bits per heavy atom. The molecule has 0 aliphatic carbocycles. The van der Waals surface area contributed by atoms with E-state index in [0.29, 0.717) is 0 Å². The number of anilines is 1. The molecule has 3 heterocycles. The third-order valence-corrected chi connectivity index (χ3v) is 5.08. The minimum Gasteiger partial charge on any atom is -0.371 e. The summed E-state index contributed by atoms with van der Waals surface area (Å²) in [4.78, 5) is 6.92. The lowest BCUT2D eigenvalue weighted by Crippen LogP contribution is -2.29. The average molecular weight is 376 g/mol. The number of benzene rings is 1. The lowest BCUT2D eigenvalue weighted by atomic mass is 10.1. The van der Waals surface area contributed by atoms with Gasteiger partial charge in [-0.05, 0) is 69.5 Å². The maximum atomic E-state index is 4.43. The SMILES string of the molecule is Brc1ccc2nccc(N3CCCCC3)c2c1.C1CCNCC1. The van der Waals surface area contributed by atoms with Gasteiger partial charge in [0, 0.05) is 34.8 Å². The van der Waals surface area contributed by atoms with E-state index in [1.165, 1.54) is 75.8 Å². The number of piperidine rings is 2. The summed E-state index contributed by atoms with van der Waals surface area (Å²) < 4.78 is 1.12.